The maximum atomic E-state index is 8.74. The molecule has 0 aromatic carbocycles. The van der Waals surface area contributed by atoms with Crippen molar-refractivity contribution in [2.24, 2.45) is 5.92 Å². The number of aromatic nitrogens is 3. The van der Waals surface area contributed by atoms with E-state index in [1.807, 2.05) is 10.9 Å². The first-order valence-corrected chi connectivity index (χ1v) is 4.38. The summed E-state index contributed by atoms with van der Waals surface area (Å²) in [6, 6.07) is 0. The van der Waals surface area contributed by atoms with Gasteiger partial charge in [0.2, 0.25) is 0 Å². The van der Waals surface area contributed by atoms with Gasteiger partial charge in [0.05, 0.1) is 12.8 Å². The lowest BCUT2D eigenvalue weighted by Crippen LogP contribution is -2.18. The van der Waals surface area contributed by atoms with Crippen LogP contribution >= 0.6 is 0 Å². The second-order valence-electron chi connectivity index (χ2n) is 3.39. The third kappa shape index (κ3) is 1.48. The topological polar surface area (TPSA) is 50.9 Å². The maximum Gasteiger partial charge on any atom is 0.108 e. The SMILES string of the molecule is OCc1cn(CC2CCC2)nn1. The fraction of sp³-hybridized carbons (Fsp3) is 0.750. The fourth-order valence-corrected chi connectivity index (χ4v) is 1.44. The van der Waals surface area contributed by atoms with Gasteiger partial charge in [-0.2, -0.15) is 0 Å². The number of aliphatic hydroxyl groups excluding tert-OH is 1. The van der Waals surface area contributed by atoms with Gasteiger partial charge in [-0.3, -0.25) is 4.68 Å². The van der Waals surface area contributed by atoms with E-state index in [0.717, 1.165) is 12.5 Å². The van der Waals surface area contributed by atoms with E-state index in [1.165, 1.54) is 19.3 Å². The second-order valence-corrected chi connectivity index (χ2v) is 3.39. The van der Waals surface area contributed by atoms with Gasteiger partial charge in [-0.25, -0.2) is 0 Å². The van der Waals surface area contributed by atoms with E-state index in [-0.39, 0.29) is 6.61 Å². The predicted molar refractivity (Wildman–Crippen MR) is 43.3 cm³/mol. The summed E-state index contributed by atoms with van der Waals surface area (Å²) in [6.07, 6.45) is 5.80. The molecule has 0 atom stereocenters. The first-order valence-electron chi connectivity index (χ1n) is 4.38. The van der Waals surface area contributed by atoms with Crippen molar-refractivity contribution in [3.63, 3.8) is 0 Å². The number of aliphatic hydroxyl groups is 1. The van der Waals surface area contributed by atoms with Gasteiger partial charge in [-0.05, 0) is 18.8 Å². The molecule has 12 heavy (non-hydrogen) atoms. The Morgan fingerprint density at radius 2 is 2.42 bits per heavy atom. The maximum absolute atomic E-state index is 8.74. The molecule has 1 aliphatic carbocycles. The van der Waals surface area contributed by atoms with Crippen LogP contribution < -0.4 is 0 Å². The van der Waals surface area contributed by atoms with Crippen LogP contribution in [0, 0.1) is 5.92 Å². The van der Waals surface area contributed by atoms with Crippen molar-refractivity contribution in [2.75, 3.05) is 0 Å². The lowest BCUT2D eigenvalue weighted by Gasteiger charge is -2.24. The van der Waals surface area contributed by atoms with Gasteiger partial charge in [0.25, 0.3) is 0 Å². The first kappa shape index (κ1) is 7.73. The molecule has 2 rings (SSSR count). The lowest BCUT2D eigenvalue weighted by atomic mass is 9.85. The van der Waals surface area contributed by atoms with Crippen molar-refractivity contribution in [3.8, 4) is 0 Å². The first-order chi connectivity index (χ1) is 5.88. The van der Waals surface area contributed by atoms with Gasteiger partial charge in [0.1, 0.15) is 5.69 Å². The number of hydrogen-bond donors (Lipinski definition) is 1. The zero-order valence-electron chi connectivity index (χ0n) is 6.98. The Kier molecular flexibility index (Phi) is 2.08. The molecule has 66 valence electrons. The summed E-state index contributed by atoms with van der Waals surface area (Å²) < 4.78 is 1.83. The van der Waals surface area contributed by atoms with Gasteiger partial charge in [-0.1, -0.05) is 11.6 Å². The van der Waals surface area contributed by atoms with E-state index in [9.17, 15) is 0 Å². The van der Waals surface area contributed by atoms with Crippen molar-refractivity contribution in [2.45, 2.75) is 32.4 Å². The second kappa shape index (κ2) is 3.23. The minimum Gasteiger partial charge on any atom is -0.390 e. The molecule has 1 aromatic rings. The quantitative estimate of drug-likeness (QED) is 0.716. The fourth-order valence-electron chi connectivity index (χ4n) is 1.44. The molecular formula is C8H13N3O. The standard InChI is InChI=1S/C8H13N3O/c12-6-8-5-11(10-9-8)4-7-2-1-3-7/h5,7,12H,1-4,6H2. The summed E-state index contributed by atoms with van der Waals surface area (Å²) >= 11 is 0. The molecular weight excluding hydrogens is 154 g/mol. The molecule has 1 aromatic heterocycles. The molecule has 0 unspecified atom stereocenters. The van der Waals surface area contributed by atoms with Crippen LogP contribution in [0.3, 0.4) is 0 Å². The van der Waals surface area contributed by atoms with Crippen molar-refractivity contribution in [1.82, 2.24) is 15.0 Å². The Bertz CT molecular complexity index is 255. The van der Waals surface area contributed by atoms with Crippen LogP contribution in [-0.4, -0.2) is 20.1 Å². The smallest absolute Gasteiger partial charge is 0.108 e. The van der Waals surface area contributed by atoms with Gasteiger partial charge in [0.15, 0.2) is 0 Å². The Morgan fingerprint density at radius 3 is 2.92 bits per heavy atom. The van der Waals surface area contributed by atoms with Crippen LogP contribution in [0.1, 0.15) is 25.0 Å². The van der Waals surface area contributed by atoms with Crippen molar-refractivity contribution >= 4 is 0 Å². The molecule has 1 fully saturated rings. The van der Waals surface area contributed by atoms with E-state index in [0.29, 0.717) is 5.69 Å². The highest BCUT2D eigenvalue weighted by Crippen LogP contribution is 2.27. The minimum atomic E-state index is -0.00926. The van der Waals surface area contributed by atoms with Crippen LogP contribution in [0.15, 0.2) is 6.20 Å². The highest BCUT2D eigenvalue weighted by atomic mass is 16.3. The molecule has 4 nitrogen and oxygen atoms in total. The molecule has 0 spiro atoms. The van der Waals surface area contributed by atoms with Crippen LogP contribution in [-0.2, 0) is 13.2 Å². The number of rotatable bonds is 3. The average Bonchev–Trinajstić information content (AvgIpc) is 2.44. The van der Waals surface area contributed by atoms with E-state index in [1.54, 1.807) is 0 Å². The van der Waals surface area contributed by atoms with Gasteiger partial charge in [0, 0.05) is 6.54 Å². The molecule has 1 saturated carbocycles. The average molecular weight is 167 g/mol. The Balaban J connectivity index is 1.93. The Morgan fingerprint density at radius 1 is 1.58 bits per heavy atom. The van der Waals surface area contributed by atoms with E-state index in [4.69, 9.17) is 5.11 Å². The molecule has 0 aliphatic heterocycles. The molecule has 0 amide bonds. The Hall–Kier alpha value is -0.900. The zero-order valence-corrected chi connectivity index (χ0v) is 6.98. The van der Waals surface area contributed by atoms with Crippen molar-refractivity contribution in [3.05, 3.63) is 11.9 Å². The highest BCUT2D eigenvalue weighted by molar-refractivity contribution is 4.89. The normalized spacial score (nSPS) is 17.8. The number of hydrogen-bond acceptors (Lipinski definition) is 3. The van der Waals surface area contributed by atoms with Crippen LogP contribution in [0.5, 0.6) is 0 Å². The minimum absolute atomic E-state index is 0.00926. The monoisotopic (exact) mass is 167 g/mol. The molecule has 1 heterocycles. The number of nitrogens with zero attached hydrogens (tertiary/aromatic N) is 3. The van der Waals surface area contributed by atoms with Crippen LogP contribution in [0.2, 0.25) is 0 Å². The third-order valence-corrected chi connectivity index (χ3v) is 2.42. The zero-order chi connectivity index (χ0) is 8.39. The highest BCUT2D eigenvalue weighted by Gasteiger charge is 2.18. The van der Waals surface area contributed by atoms with Crippen LogP contribution in [0.4, 0.5) is 0 Å². The summed E-state index contributed by atoms with van der Waals surface area (Å²) in [5.74, 6) is 0.790. The molecule has 1 aliphatic rings. The van der Waals surface area contributed by atoms with Gasteiger partial charge >= 0.3 is 0 Å². The summed E-state index contributed by atoms with van der Waals surface area (Å²) in [5, 5.41) is 16.5. The summed E-state index contributed by atoms with van der Waals surface area (Å²) in [6.45, 7) is 0.956. The van der Waals surface area contributed by atoms with Crippen LogP contribution in [0.25, 0.3) is 0 Å². The predicted octanol–water partition coefficient (Wildman–Crippen LogP) is 0.571. The van der Waals surface area contributed by atoms with Gasteiger partial charge < -0.3 is 5.11 Å². The summed E-state index contributed by atoms with van der Waals surface area (Å²) in [7, 11) is 0. The molecule has 4 heteroatoms. The third-order valence-electron chi connectivity index (χ3n) is 2.42. The van der Waals surface area contributed by atoms with E-state index < -0.39 is 0 Å². The molecule has 0 radical (unpaired) electrons. The van der Waals surface area contributed by atoms with Crippen molar-refractivity contribution < 1.29 is 5.11 Å². The van der Waals surface area contributed by atoms with Gasteiger partial charge in [-0.15, -0.1) is 5.10 Å². The Labute approximate surface area is 71.2 Å². The van der Waals surface area contributed by atoms with Crippen molar-refractivity contribution in [1.29, 1.82) is 0 Å². The van der Waals surface area contributed by atoms with E-state index in [2.05, 4.69) is 10.3 Å². The summed E-state index contributed by atoms with van der Waals surface area (Å²) in [4.78, 5) is 0. The molecule has 0 bridgehead atoms. The van der Waals surface area contributed by atoms with E-state index >= 15 is 0 Å². The summed E-state index contributed by atoms with van der Waals surface area (Å²) in [5.41, 5.74) is 0.661. The molecule has 1 N–H and O–H groups in total. The largest absolute Gasteiger partial charge is 0.390 e. The lowest BCUT2D eigenvalue weighted by molar-refractivity contribution is 0.264. The molecule has 0 saturated heterocycles.